The number of rotatable bonds is 5. The van der Waals surface area contributed by atoms with Crippen molar-refractivity contribution in [2.45, 2.75) is 26.8 Å². The molecular formula is C10H16N4O2. The number of carbonyl (C=O) groups is 1. The highest BCUT2D eigenvalue weighted by molar-refractivity contribution is 6.00. The molecule has 0 aliphatic heterocycles. The molecule has 1 heterocycles. The molecule has 0 saturated carbocycles. The Bertz CT molecular complexity index is 397. The number of nitrogens with one attached hydrogen (secondary N) is 1. The SMILES string of the molecule is C=C(C)C(=O)C(Nc1noc(N)n1)C(C)C. The van der Waals surface area contributed by atoms with Crippen molar-refractivity contribution >= 4 is 17.7 Å². The molecule has 1 atom stereocenters. The number of nitrogens with zero attached hydrogens (tertiary/aromatic N) is 2. The lowest BCUT2D eigenvalue weighted by atomic mass is 9.96. The Hall–Kier alpha value is -1.85. The lowest BCUT2D eigenvalue weighted by Crippen LogP contribution is -2.35. The lowest BCUT2D eigenvalue weighted by molar-refractivity contribution is -0.117. The van der Waals surface area contributed by atoms with E-state index in [1.807, 2.05) is 13.8 Å². The van der Waals surface area contributed by atoms with Crippen LogP contribution in [0.25, 0.3) is 0 Å². The zero-order valence-corrected chi connectivity index (χ0v) is 9.65. The van der Waals surface area contributed by atoms with Crippen LogP contribution in [0.3, 0.4) is 0 Å². The van der Waals surface area contributed by atoms with E-state index in [2.05, 4.69) is 26.6 Å². The third kappa shape index (κ3) is 2.82. The molecule has 1 unspecified atom stereocenters. The number of aromatic nitrogens is 2. The Kier molecular flexibility index (Phi) is 3.65. The van der Waals surface area contributed by atoms with Gasteiger partial charge in [-0.05, 0) is 23.6 Å². The van der Waals surface area contributed by atoms with E-state index in [0.29, 0.717) is 5.57 Å². The number of hydrogen-bond acceptors (Lipinski definition) is 6. The van der Waals surface area contributed by atoms with Gasteiger partial charge in [-0.1, -0.05) is 20.4 Å². The Balaban J connectivity index is 2.80. The molecule has 3 N–H and O–H groups in total. The van der Waals surface area contributed by atoms with Crippen LogP contribution in [0.2, 0.25) is 0 Å². The standard InChI is InChI=1S/C10H16N4O2/c1-5(2)7(8(15)6(3)4)12-10-13-9(11)16-14-10/h5,7H,3H2,1-2,4H3,(H3,11,12,13,14). The minimum Gasteiger partial charge on any atom is -0.351 e. The first-order chi connectivity index (χ1) is 7.41. The number of nitrogens with two attached hydrogens (primary N) is 1. The van der Waals surface area contributed by atoms with Crippen molar-refractivity contribution in [3.8, 4) is 0 Å². The topological polar surface area (TPSA) is 94.0 Å². The molecule has 0 fully saturated rings. The Morgan fingerprint density at radius 1 is 1.56 bits per heavy atom. The first kappa shape index (κ1) is 12.2. The summed E-state index contributed by atoms with van der Waals surface area (Å²) in [5.74, 6) is 0.230. The van der Waals surface area contributed by atoms with Gasteiger partial charge < -0.3 is 15.6 Å². The van der Waals surface area contributed by atoms with Crippen LogP contribution in [-0.2, 0) is 4.79 Å². The third-order valence-corrected chi connectivity index (χ3v) is 2.10. The fraction of sp³-hybridized carbons (Fsp3) is 0.500. The van der Waals surface area contributed by atoms with Gasteiger partial charge in [0.2, 0.25) is 0 Å². The van der Waals surface area contributed by atoms with Crippen molar-refractivity contribution < 1.29 is 9.32 Å². The van der Waals surface area contributed by atoms with E-state index in [1.165, 1.54) is 0 Å². The Morgan fingerprint density at radius 3 is 2.56 bits per heavy atom. The van der Waals surface area contributed by atoms with E-state index in [1.54, 1.807) is 6.92 Å². The molecule has 0 saturated heterocycles. The Labute approximate surface area is 93.9 Å². The van der Waals surface area contributed by atoms with Crippen LogP contribution in [0.4, 0.5) is 12.0 Å². The predicted molar refractivity (Wildman–Crippen MR) is 60.8 cm³/mol. The van der Waals surface area contributed by atoms with Gasteiger partial charge in [-0.3, -0.25) is 4.79 Å². The van der Waals surface area contributed by atoms with Gasteiger partial charge in [-0.15, -0.1) is 0 Å². The maximum atomic E-state index is 11.8. The number of nitrogen functional groups attached to an aromatic ring is 1. The maximum absolute atomic E-state index is 11.8. The summed E-state index contributed by atoms with van der Waals surface area (Å²) in [5, 5.41) is 6.45. The quantitative estimate of drug-likeness (QED) is 0.730. The number of anilines is 2. The van der Waals surface area contributed by atoms with Gasteiger partial charge in [0.15, 0.2) is 5.78 Å². The van der Waals surface area contributed by atoms with Gasteiger partial charge in [0.25, 0.3) is 5.95 Å². The molecule has 16 heavy (non-hydrogen) atoms. The fourth-order valence-electron chi connectivity index (χ4n) is 1.23. The molecule has 88 valence electrons. The summed E-state index contributed by atoms with van der Waals surface area (Å²) >= 11 is 0. The second-order valence-electron chi connectivity index (χ2n) is 3.97. The number of ketones is 1. The summed E-state index contributed by atoms with van der Waals surface area (Å²) in [4.78, 5) is 15.6. The monoisotopic (exact) mass is 224 g/mol. The number of hydrogen-bond donors (Lipinski definition) is 2. The highest BCUT2D eigenvalue weighted by Gasteiger charge is 2.23. The number of Topliss-reactive ketones (excluding diaryl/α,β-unsaturated/α-hetero) is 1. The van der Waals surface area contributed by atoms with E-state index in [9.17, 15) is 4.79 Å². The molecule has 0 amide bonds. The largest absolute Gasteiger partial charge is 0.351 e. The van der Waals surface area contributed by atoms with Crippen LogP contribution in [-0.4, -0.2) is 22.0 Å². The summed E-state index contributed by atoms with van der Waals surface area (Å²) in [5.41, 5.74) is 5.77. The van der Waals surface area contributed by atoms with Crippen LogP contribution < -0.4 is 11.1 Å². The van der Waals surface area contributed by atoms with Gasteiger partial charge in [-0.2, -0.15) is 4.98 Å². The molecule has 0 radical (unpaired) electrons. The molecule has 0 spiro atoms. The maximum Gasteiger partial charge on any atom is 0.320 e. The molecule has 0 bridgehead atoms. The van der Waals surface area contributed by atoms with Gasteiger partial charge in [-0.25, -0.2) is 0 Å². The van der Waals surface area contributed by atoms with E-state index in [4.69, 9.17) is 5.73 Å². The van der Waals surface area contributed by atoms with Crippen LogP contribution in [0.1, 0.15) is 20.8 Å². The average Bonchev–Trinajstić information content (AvgIpc) is 2.59. The molecule has 1 rings (SSSR count). The molecule has 1 aromatic heterocycles. The van der Waals surface area contributed by atoms with Crippen molar-refractivity contribution in [3.05, 3.63) is 12.2 Å². The second kappa shape index (κ2) is 4.78. The third-order valence-electron chi connectivity index (χ3n) is 2.10. The lowest BCUT2D eigenvalue weighted by Gasteiger charge is -2.19. The van der Waals surface area contributed by atoms with Gasteiger partial charge >= 0.3 is 6.01 Å². The van der Waals surface area contributed by atoms with Crippen LogP contribution in [0.15, 0.2) is 16.7 Å². The smallest absolute Gasteiger partial charge is 0.320 e. The second-order valence-corrected chi connectivity index (χ2v) is 3.97. The highest BCUT2D eigenvalue weighted by atomic mass is 16.5. The van der Waals surface area contributed by atoms with E-state index >= 15 is 0 Å². The Morgan fingerprint density at radius 2 is 2.19 bits per heavy atom. The summed E-state index contributed by atoms with van der Waals surface area (Å²) < 4.78 is 4.61. The van der Waals surface area contributed by atoms with Crippen molar-refractivity contribution in [2.75, 3.05) is 11.1 Å². The molecule has 1 aromatic rings. The molecule has 6 heteroatoms. The van der Waals surface area contributed by atoms with Gasteiger partial charge in [0.1, 0.15) is 0 Å². The molecular weight excluding hydrogens is 208 g/mol. The summed E-state index contributed by atoms with van der Waals surface area (Å²) in [6, 6.07) is -0.456. The molecule has 0 aromatic carbocycles. The van der Waals surface area contributed by atoms with Crippen LogP contribution >= 0.6 is 0 Å². The average molecular weight is 224 g/mol. The minimum absolute atomic E-state index is 0.0345. The highest BCUT2D eigenvalue weighted by Crippen LogP contribution is 2.13. The van der Waals surface area contributed by atoms with Gasteiger partial charge in [0.05, 0.1) is 6.04 Å². The van der Waals surface area contributed by atoms with E-state index in [-0.39, 0.29) is 23.7 Å². The minimum atomic E-state index is -0.422. The molecule has 0 aliphatic carbocycles. The van der Waals surface area contributed by atoms with Crippen LogP contribution in [0, 0.1) is 5.92 Å². The van der Waals surface area contributed by atoms with E-state index < -0.39 is 6.04 Å². The van der Waals surface area contributed by atoms with Crippen molar-refractivity contribution in [1.82, 2.24) is 10.1 Å². The van der Waals surface area contributed by atoms with E-state index in [0.717, 1.165) is 0 Å². The summed E-state index contributed by atoms with van der Waals surface area (Å²) in [6.45, 7) is 9.13. The zero-order valence-electron chi connectivity index (χ0n) is 9.65. The van der Waals surface area contributed by atoms with Gasteiger partial charge in [0, 0.05) is 0 Å². The summed E-state index contributed by atoms with van der Waals surface area (Å²) in [7, 11) is 0. The normalized spacial score (nSPS) is 12.5. The van der Waals surface area contributed by atoms with Crippen molar-refractivity contribution in [2.24, 2.45) is 5.92 Å². The first-order valence-corrected chi connectivity index (χ1v) is 4.97. The first-order valence-electron chi connectivity index (χ1n) is 4.97. The summed E-state index contributed by atoms with van der Waals surface area (Å²) in [6.07, 6.45) is 0. The number of carbonyl (C=O) groups excluding carboxylic acids is 1. The molecule has 0 aliphatic rings. The predicted octanol–water partition coefficient (Wildman–Crippen LogP) is 1.23. The van der Waals surface area contributed by atoms with Crippen molar-refractivity contribution in [3.63, 3.8) is 0 Å². The molecule has 6 nitrogen and oxygen atoms in total. The fourth-order valence-corrected chi connectivity index (χ4v) is 1.23. The van der Waals surface area contributed by atoms with Crippen molar-refractivity contribution in [1.29, 1.82) is 0 Å². The zero-order chi connectivity index (χ0) is 12.3. The van der Waals surface area contributed by atoms with Crippen LogP contribution in [0.5, 0.6) is 0 Å².